The molecule has 114 valence electrons. The molecule has 0 spiro atoms. The number of nitrogens with zero attached hydrogens (tertiary/aromatic N) is 2. The SMILES string of the molecule is Cc1cccc(Oc2c(CNC(C)C)c(C)nn2C)c1C. The van der Waals surface area contributed by atoms with Gasteiger partial charge in [0.2, 0.25) is 5.88 Å². The maximum atomic E-state index is 6.17. The highest BCUT2D eigenvalue weighted by Gasteiger charge is 2.16. The van der Waals surface area contributed by atoms with Crippen LogP contribution < -0.4 is 10.1 Å². The number of ether oxygens (including phenoxy) is 1. The lowest BCUT2D eigenvalue weighted by Gasteiger charge is -2.13. The van der Waals surface area contributed by atoms with Gasteiger partial charge in [-0.3, -0.25) is 0 Å². The highest BCUT2D eigenvalue weighted by molar-refractivity contribution is 5.42. The maximum Gasteiger partial charge on any atom is 0.222 e. The standard InChI is InChI=1S/C17H25N3O/c1-11(2)18-10-15-14(5)19-20(6)17(15)21-16-9-7-8-12(3)13(16)4/h7-9,11,18H,10H2,1-6H3. The Bertz CT molecular complexity index is 629. The quantitative estimate of drug-likeness (QED) is 0.912. The van der Waals surface area contributed by atoms with Crippen LogP contribution in [0.3, 0.4) is 0 Å². The molecule has 2 rings (SSSR count). The smallest absolute Gasteiger partial charge is 0.222 e. The summed E-state index contributed by atoms with van der Waals surface area (Å²) in [6, 6.07) is 6.55. The molecule has 4 heteroatoms. The Morgan fingerprint density at radius 3 is 2.62 bits per heavy atom. The van der Waals surface area contributed by atoms with Crippen molar-refractivity contribution in [3.05, 3.63) is 40.6 Å². The highest BCUT2D eigenvalue weighted by atomic mass is 16.5. The van der Waals surface area contributed by atoms with E-state index in [1.54, 1.807) is 0 Å². The summed E-state index contributed by atoms with van der Waals surface area (Å²) < 4.78 is 7.98. The van der Waals surface area contributed by atoms with Crippen molar-refractivity contribution in [2.24, 2.45) is 7.05 Å². The molecule has 0 saturated carbocycles. The molecular weight excluding hydrogens is 262 g/mol. The molecule has 1 aromatic heterocycles. The predicted molar refractivity (Wildman–Crippen MR) is 85.9 cm³/mol. The Balaban J connectivity index is 2.33. The zero-order chi connectivity index (χ0) is 15.6. The zero-order valence-electron chi connectivity index (χ0n) is 13.8. The fraction of sp³-hybridized carbons (Fsp3) is 0.471. The van der Waals surface area contributed by atoms with Crippen LogP contribution in [0.1, 0.15) is 36.2 Å². The molecule has 1 heterocycles. The van der Waals surface area contributed by atoms with Gasteiger partial charge in [0, 0.05) is 19.6 Å². The molecule has 1 aromatic carbocycles. The van der Waals surface area contributed by atoms with Gasteiger partial charge >= 0.3 is 0 Å². The van der Waals surface area contributed by atoms with Crippen LogP contribution in [-0.4, -0.2) is 15.8 Å². The molecule has 0 aliphatic rings. The van der Waals surface area contributed by atoms with Crippen molar-refractivity contribution in [2.75, 3.05) is 0 Å². The normalized spacial score (nSPS) is 11.2. The van der Waals surface area contributed by atoms with Gasteiger partial charge in [0.05, 0.1) is 11.3 Å². The molecule has 0 aliphatic carbocycles. The van der Waals surface area contributed by atoms with Crippen molar-refractivity contribution >= 4 is 0 Å². The van der Waals surface area contributed by atoms with Gasteiger partial charge in [0.1, 0.15) is 5.75 Å². The van der Waals surface area contributed by atoms with Crippen molar-refractivity contribution < 1.29 is 4.74 Å². The molecule has 21 heavy (non-hydrogen) atoms. The largest absolute Gasteiger partial charge is 0.439 e. The lowest BCUT2D eigenvalue weighted by Crippen LogP contribution is -2.22. The second-order valence-electron chi connectivity index (χ2n) is 5.83. The molecule has 0 radical (unpaired) electrons. The zero-order valence-corrected chi connectivity index (χ0v) is 13.8. The van der Waals surface area contributed by atoms with Crippen LogP contribution in [0.25, 0.3) is 0 Å². The molecule has 4 nitrogen and oxygen atoms in total. The summed E-state index contributed by atoms with van der Waals surface area (Å²) in [5.41, 5.74) is 4.52. The summed E-state index contributed by atoms with van der Waals surface area (Å²) in [7, 11) is 1.92. The molecule has 0 unspecified atom stereocenters. The second-order valence-corrected chi connectivity index (χ2v) is 5.83. The van der Waals surface area contributed by atoms with Crippen molar-refractivity contribution in [3.63, 3.8) is 0 Å². The van der Waals surface area contributed by atoms with Crippen LogP contribution in [0, 0.1) is 20.8 Å². The lowest BCUT2D eigenvalue weighted by molar-refractivity contribution is 0.419. The van der Waals surface area contributed by atoms with Gasteiger partial charge in [-0.15, -0.1) is 0 Å². The minimum absolute atomic E-state index is 0.429. The summed E-state index contributed by atoms with van der Waals surface area (Å²) in [6.07, 6.45) is 0. The van der Waals surface area contributed by atoms with E-state index >= 15 is 0 Å². The molecule has 1 N–H and O–H groups in total. The first-order valence-corrected chi connectivity index (χ1v) is 7.40. The van der Waals surface area contributed by atoms with E-state index in [0.29, 0.717) is 6.04 Å². The number of hydrogen-bond acceptors (Lipinski definition) is 3. The second kappa shape index (κ2) is 6.31. The number of nitrogens with one attached hydrogen (secondary N) is 1. The van der Waals surface area contributed by atoms with Crippen molar-refractivity contribution in [3.8, 4) is 11.6 Å². The van der Waals surface area contributed by atoms with Crippen LogP contribution in [0.15, 0.2) is 18.2 Å². The topological polar surface area (TPSA) is 39.1 Å². The molecule has 0 amide bonds. The summed E-state index contributed by atoms with van der Waals surface area (Å²) in [5.74, 6) is 1.71. The number of aromatic nitrogens is 2. The van der Waals surface area contributed by atoms with Crippen LogP contribution in [-0.2, 0) is 13.6 Å². The minimum atomic E-state index is 0.429. The van der Waals surface area contributed by atoms with E-state index in [9.17, 15) is 0 Å². The molecule has 0 bridgehead atoms. The van der Waals surface area contributed by atoms with Crippen LogP contribution >= 0.6 is 0 Å². The van der Waals surface area contributed by atoms with E-state index < -0.39 is 0 Å². The predicted octanol–water partition coefficient (Wildman–Crippen LogP) is 3.64. The monoisotopic (exact) mass is 287 g/mol. The Hall–Kier alpha value is -1.81. The van der Waals surface area contributed by atoms with Gasteiger partial charge < -0.3 is 10.1 Å². The van der Waals surface area contributed by atoms with E-state index in [4.69, 9.17) is 4.74 Å². The van der Waals surface area contributed by atoms with Gasteiger partial charge in [0.15, 0.2) is 0 Å². The summed E-state index contributed by atoms with van der Waals surface area (Å²) in [6.45, 7) is 11.2. The summed E-state index contributed by atoms with van der Waals surface area (Å²) in [5, 5.41) is 7.92. The molecule has 0 aliphatic heterocycles. The van der Waals surface area contributed by atoms with Crippen molar-refractivity contribution in [1.29, 1.82) is 0 Å². The van der Waals surface area contributed by atoms with Crippen LogP contribution in [0.5, 0.6) is 11.6 Å². The van der Waals surface area contributed by atoms with Crippen molar-refractivity contribution in [1.82, 2.24) is 15.1 Å². The number of hydrogen-bond donors (Lipinski definition) is 1. The average Bonchev–Trinajstić information content (AvgIpc) is 2.67. The fourth-order valence-corrected chi connectivity index (χ4v) is 2.26. The first-order chi connectivity index (χ1) is 9.90. The van der Waals surface area contributed by atoms with Crippen molar-refractivity contribution in [2.45, 2.75) is 47.2 Å². The summed E-state index contributed by atoms with van der Waals surface area (Å²) >= 11 is 0. The Morgan fingerprint density at radius 2 is 1.95 bits per heavy atom. The lowest BCUT2D eigenvalue weighted by atomic mass is 10.1. The van der Waals surface area contributed by atoms with E-state index in [-0.39, 0.29) is 0 Å². The molecule has 0 fully saturated rings. The third-order valence-electron chi connectivity index (χ3n) is 3.74. The van der Waals surface area contributed by atoms with Gasteiger partial charge in [-0.2, -0.15) is 5.10 Å². The minimum Gasteiger partial charge on any atom is -0.439 e. The molecule has 0 atom stereocenters. The Morgan fingerprint density at radius 1 is 1.24 bits per heavy atom. The van der Waals surface area contributed by atoms with Gasteiger partial charge in [-0.25, -0.2) is 4.68 Å². The number of rotatable bonds is 5. The van der Waals surface area contributed by atoms with E-state index in [1.165, 1.54) is 11.1 Å². The third-order valence-corrected chi connectivity index (χ3v) is 3.74. The van der Waals surface area contributed by atoms with E-state index in [0.717, 1.165) is 29.4 Å². The number of aryl methyl sites for hydroxylation is 3. The molecular formula is C17H25N3O. The average molecular weight is 287 g/mol. The first kappa shape index (κ1) is 15.6. The molecule has 2 aromatic rings. The Labute approximate surface area is 127 Å². The number of benzene rings is 1. The third kappa shape index (κ3) is 3.45. The first-order valence-electron chi connectivity index (χ1n) is 7.40. The highest BCUT2D eigenvalue weighted by Crippen LogP contribution is 2.30. The van der Waals surface area contributed by atoms with Gasteiger partial charge in [-0.1, -0.05) is 26.0 Å². The van der Waals surface area contributed by atoms with Gasteiger partial charge in [0.25, 0.3) is 0 Å². The molecule has 0 saturated heterocycles. The van der Waals surface area contributed by atoms with Crippen LogP contribution in [0.4, 0.5) is 0 Å². The maximum absolute atomic E-state index is 6.17. The van der Waals surface area contributed by atoms with E-state index in [2.05, 4.69) is 44.2 Å². The van der Waals surface area contributed by atoms with Gasteiger partial charge in [-0.05, 0) is 38.0 Å². The summed E-state index contributed by atoms with van der Waals surface area (Å²) in [4.78, 5) is 0. The van der Waals surface area contributed by atoms with Crippen LogP contribution in [0.2, 0.25) is 0 Å². The fourth-order valence-electron chi connectivity index (χ4n) is 2.26. The van der Waals surface area contributed by atoms with E-state index in [1.807, 2.05) is 30.8 Å². The Kier molecular flexibility index (Phi) is 4.68.